The van der Waals surface area contributed by atoms with Crippen molar-refractivity contribution in [2.24, 2.45) is 11.8 Å². The van der Waals surface area contributed by atoms with E-state index in [1.165, 1.54) is 238 Å². The fraction of sp³-hybridized carbons (Fsp3) is 0.950. The number of aliphatic hydroxyl groups is 1. The fourth-order valence-electron chi connectivity index (χ4n) is 12.3. The molecule has 0 saturated carbocycles. The van der Waals surface area contributed by atoms with Crippen LogP contribution in [0.1, 0.15) is 420 Å². The molecule has 19 heteroatoms. The van der Waals surface area contributed by atoms with Crippen LogP contribution in [0, 0.1) is 11.8 Å². The van der Waals surface area contributed by atoms with Gasteiger partial charge in [0.2, 0.25) is 0 Å². The largest absolute Gasteiger partial charge is 0.472 e. The van der Waals surface area contributed by atoms with E-state index in [-0.39, 0.29) is 25.7 Å². The summed E-state index contributed by atoms with van der Waals surface area (Å²) in [7, 11) is -9.92. The van der Waals surface area contributed by atoms with E-state index in [1.54, 1.807) is 0 Å². The van der Waals surface area contributed by atoms with Crippen LogP contribution in [0.4, 0.5) is 0 Å². The van der Waals surface area contributed by atoms with Crippen LogP contribution in [-0.2, 0) is 65.4 Å². The van der Waals surface area contributed by atoms with Crippen LogP contribution in [0.15, 0.2) is 0 Å². The minimum Gasteiger partial charge on any atom is -0.462 e. The summed E-state index contributed by atoms with van der Waals surface area (Å²) in [5.41, 5.74) is 0. The highest BCUT2D eigenvalue weighted by Crippen LogP contribution is 2.45. The quantitative estimate of drug-likeness (QED) is 0.0222. The van der Waals surface area contributed by atoms with Gasteiger partial charge < -0.3 is 33.8 Å². The molecule has 0 spiro atoms. The maximum Gasteiger partial charge on any atom is 0.472 e. The highest BCUT2D eigenvalue weighted by Gasteiger charge is 2.30. The molecule has 3 unspecified atom stereocenters. The summed E-state index contributed by atoms with van der Waals surface area (Å²) >= 11 is 0. The van der Waals surface area contributed by atoms with Gasteiger partial charge in [-0.3, -0.25) is 37.3 Å². The Morgan fingerprint density at radius 3 is 0.768 bits per heavy atom. The minimum atomic E-state index is -4.96. The SMILES string of the molecule is CCCCCCCCCCCCCCCCCCCCC(=O)O[C@H](COC(=O)CCCCCCCCCCCCCCCC(C)C)COP(=O)(O)OC[C@@H](O)COP(=O)(O)OC[C@@H](COC(=O)CCCCCCCCCCC(C)CC)OC(=O)CCCCCCCCCCCCCCC. The van der Waals surface area contributed by atoms with Gasteiger partial charge in [0, 0.05) is 25.7 Å². The lowest BCUT2D eigenvalue weighted by Crippen LogP contribution is -2.30. The zero-order valence-corrected chi connectivity index (χ0v) is 66.6. The van der Waals surface area contributed by atoms with E-state index in [9.17, 15) is 43.2 Å². The maximum absolute atomic E-state index is 13.1. The summed E-state index contributed by atoms with van der Waals surface area (Å²) in [4.78, 5) is 73.0. The molecule has 588 valence electrons. The summed E-state index contributed by atoms with van der Waals surface area (Å²) in [6.45, 7) is 9.65. The van der Waals surface area contributed by atoms with Gasteiger partial charge in [0.15, 0.2) is 12.2 Å². The number of hydrogen-bond donors (Lipinski definition) is 3. The first kappa shape index (κ1) is 97.1. The van der Waals surface area contributed by atoms with Crippen LogP contribution >= 0.6 is 15.6 Å². The average molecular weight is 1450 g/mol. The Morgan fingerprint density at radius 1 is 0.293 bits per heavy atom. The van der Waals surface area contributed by atoms with Crippen molar-refractivity contribution in [1.82, 2.24) is 0 Å². The maximum atomic E-state index is 13.1. The normalized spacial score (nSPS) is 14.2. The van der Waals surface area contributed by atoms with Gasteiger partial charge in [0.1, 0.15) is 19.3 Å². The van der Waals surface area contributed by atoms with Gasteiger partial charge >= 0.3 is 39.5 Å². The van der Waals surface area contributed by atoms with Crippen molar-refractivity contribution in [2.75, 3.05) is 39.6 Å². The molecule has 0 radical (unpaired) electrons. The first-order valence-electron chi connectivity index (χ1n) is 41.5. The molecule has 0 rings (SSSR count). The third kappa shape index (κ3) is 72.8. The van der Waals surface area contributed by atoms with Crippen LogP contribution in [0.3, 0.4) is 0 Å². The topological polar surface area (TPSA) is 237 Å². The second-order valence-electron chi connectivity index (χ2n) is 29.5. The lowest BCUT2D eigenvalue weighted by atomic mass is 9.99. The third-order valence-corrected chi connectivity index (χ3v) is 21.0. The van der Waals surface area contributed by atoms with Crippen molar-refractivity contribution in [2.45, 2.75) is 439 Å². The molecule has 17 nitrogen and oxygen atoms in total. The average Bonchev–Trinajstić information content (AvgIpc) is 0.965. The summed E-state index contributed by atoms with van der Waals surface area (Å²) in [5.74, 6) is -0.539. The molecule has 3 N–H and O–H groups in total. The molecule has 0 aliphatic rings. The van der Waals surface area contributed by atoms with Crippen LogP contribution in [0.5, 0.6) is 0 Å². The van der Waals surface area contributed by atoms with Crippen molar-refractivity contribution >= 4 is 39.5 Å². The van der Waals surface area contributed by atoms with E-state index in [0.29, 0.717) is 25.7 Å². The van der Waals surface area contributed by atoms with Gasteiger partial charge in [-0.05, 0) is 37.5 Å². The van der Waals surface area contributed by atoms with E-state index in [1.807, 2.05) is 0 Å². The summed E-state index contributed by atoms with van der Waals surface area (Å²) in [5, 5.41) is 10.6. The number of aliphatic hydroxyl groups excluding tert-OH is 1. The van der Waals surface area contributed by atoms with Crippen LogP contribution in [0.25, 0.3) is 0 Å². The van der Waals surface area contributed by atoms with E-state index in [4.69, 9.17) is 37.0 Å². The molecule has 0 amide bonds. The number of phosphoric acid groups is 2. The molecule has 0 fully saturated rings. The summed E-state index contributed by atoms with van der Waals surface area (Å²) in [6.07, 6.45) is 60.9. The van der Waals surface area contributed by atoms with Crippen molar-refractivity contribution in [3.8, 4) is 0 Å². The molecule has 0 aromatic rings. The Hall–Kier alpha value is -1.94. The molecule has 6 atom stereocenters. The predicted molar refractivity (Wildman–Crippen MR) is 405 cm³/mol. The number of phosphoric ester groups is 2. The van der Waals surface area contributed by atoms with E-state index in [0.717, 1.165) is 102 Å². The molecule has 99 heavy (non-hydrogen) atoms. The second-order valence-corrected chi connectivity index (χ2v) is 32.4. The zero-order valence-electron chi connectivity index (χ0n) is 64.8. The smallest absolute Gasteiger partial charge is 0.462 e. The van der Waals surface area contributed by atoms with Crippen LogP contribution in [-0.4, -0.2) is 96.7 Å². The Labute approximate surface area is 607 Å². The molecule has 0 heterocycles. The van der Waals surface area contributed by atoms with Gasteiger partial charge in [-0.1, -0.05) is 369 Å². The molecule has 0 aromatic carbocycles. The predicted octanol–water partition coefficient (Wildman–Crippen LogP) is 23.9. The highest BCUT2D eigenvalue weighted by atomic mass is 31.2. The number of carbonyl (C=O) groups is 4. The van der Waals surface area contributed by atoms with E-state index in [2.05, 4.69) is 41.5 Å². The van der Waals surface area contributed by atoms with Crippen LogP contribution in [0.2, 0.25) is 0 Å². The van der Waals surface area contributed by atoms with Crippen molar-refractivity contribution in [3.05, 3.63) is 0 Å². The third-order valence-electron chi connectivity index (χ3n) is 19.1. The minimum absolute atomic E-state index is 0.107. The molecule has 0 aromatic heterocycles. The molecule has 0 aliphatic heterocycles. The zero-order chi connectivity index (χ0) is 72.8. The number of ether oxygens (including phenoxy) is 4. The summed E-state index contributed by atoms with van der Waals surface area (Å²) < 4.78 is 68.7. The number of rotatable bonds is 79. The monoisotopic (exact) mass is 1450 g/mol. The fourth-order valence-corrected chi connectivity index (χ4v) is 13.9. The van der Waals surface area contributed by atoms with Gasteiger partial charge in [-0.15, -0.1) is 0 Å². The first-order chi connectivity index (χ1) is 47.9. The molecular weight excluding hydrogens is 1290 g/mol. The highest BCUT2D eigenvalue weighted by molar-refractivity contribution is 7.47. The summed E-state index contributed by atoms with van der Waals surface area (Å²) in [6, 6.07) is 0. The van der Waals surface area contributed by atoms with Gasteiger partial charge in [-0.25, -0.2) is 9.13 Å². The van der Waals surface area contributed by atoms with E-state index >= 15 is 0 Å². The van der Waals surface area contributed by atoms with Crippen molar-refractivity contribution in [3.63, 3.8) is 0 Å². The Morgan fingerprint density at radius 2 is 0.515 bits per heavy atom. The molecule has 0 saturated heterocycles. The standard InChI is InChI=1S/C80H156O17P2/c1-7-10-12-14-16-18-20-22-23-24-25-26-30-35-39-47-53-59-65-80(85)96-75(68-90-77(82)62-56-50-44-37-33-31-27-29-32-36-42-48-54-60-72(4)5)70-94-98(86,87)92-66-74(81)67-93-99(88,89)95-71-76(69-91-78(83)63-57-51-45-41-40-43-49-55-61-73(6)9-3)97-79(84)64-58-52-46-38-34-28-21-19-17-15-13-11-8-2/h72-76,81H,7-71H2,1-6H3,(H,86,87)(H,88,89)/t73?,74-,75-,76-/m1/s1. The lowest BCUT2D eigenvalue weighted by molar-refractivity contribution is -0.161. The number of esters is 4. The molecular formula is C80H156O17P2. The number of carbonyl (C=O) groups excluding carboxylic acids is 4. The van der Waals surface area contributed by atoms with Gasteiger partial charge in [0.25, 0.3) is 0 Å². The number of unbranched alkanes of at least 4 members (excludes halogenated alkanes) is 48. The second kappa shape index (κ2) is 71.7. The van der Waals surface area contributed by atoms with Crippen molar-refractivity contribution in [1.29, 1.82) is 0 Å². The molecule has 0 bridgehead atoms. The van der Waals surface area contributed by atoms with Gasteiger partial charge in [-0.2, -0.15) is 0 Å². The van der Waals surface area contributed by atoms with Gasteiger partial charge in [0.05, 0.1) is 26.4 Å². The van der Waals surface area contributed by atoms with Crippen LogP contribution < -0.4 is 0 Å². The molecule has 0 aliphatic carbocycles. The van der Waals surface area contributed by atoms with E-state index < -0.39 is 97.5 Å². The number of hydrogen-bond acceptors (Lipinski definition) is 15. The Bertz CT molecular complexity index is 1910. The Balaban J connectivity index is 5.26. The van der Waals surface area contributed by atoms with Crippen molar-refractivity contribution < 1.29 is 80.2 Å². The Kier molecular flexibility index (Phi) is 70.3. The first-order valence-corrected chi connectivity index (χ1v) is 44.5. The lowest BCUT2D eigenvalue weighted by Gasteiger charge is -2.21.